The SMILES string of the molecule is CCNC(=O)[C@@H](C)NC(=O)CN[C@H](C)c1ccc(Cl)cc1. The summed E-state index contributed by atoms with van der Waals surface area (Å²) in [5, 5.41) is 9.09. The van der Waals surface area contributed by atoms with Crippen molar-refractivity contribution in [3.63, 3.8) is 0 Å². The van der Waals surface area contributed by atoms with Gasteiger partial charge in [-0.15, -0.1) is 0 Å². The maximum atomic E-state index is 11.8. The lowest BCUT2D eigenvalue weighted by molar-refractivity contribution is -0.128. The maximum absolute atomic E-state index is 11.8. The van der Waals surface area contributed by atoms with E-state index in [4.69, 9.17) is 11.6 Å². The van der Waals surface area contributed by atoms with Gasteiger partial charge in [0.1, 0.15) is 6.04 Å². The molecule has 0 spiro atoms. The summed E-state index contributed by atoms with van der Waals surface area (Å²) in [7, 11) is 0. The molecule has 21 heavy (non-hydrogen) atoms. The highest BCUT2D eigenvalue weighted by atomic mass is 35.5. The molecule has 0 saturated carbocycles. The number of nitrogens with one attached hydrogen (secondary N) is 3. The van der Waals surface area contributed by atoms with Crippen LogP contribution in [0.25, 0.3) is 0 Å². The van der Waals surface area contributed by atoms with Crippen LogP contribution in [0.2, 0.25) is 5.02 Å². The summed E-state index contributed by atoms with van der Waals surface area (Å²) in [6.07, 6.45) is 0. The van der Waals surface area contributed by atoms with Gasteiger partial charge in [0.05, 0.1) is 6.54 Å². The fraction of sp³-hybridized carbons (Fsp3) is 0.467. The molecule has 1 aromatic carbocycles. The minimum Gasteiger partial charge on any atom is -0.355 e. The van der Waals surface area contributed by atoms with Gasteiger partial charge in [-0.25, -0.2) is 0 Å². The third-order valence-electron chi connectivity index (χ3n) is 3.06. The third-order valence-corrected chi connectivity index (χ3v) is 3.31. The molecular weight excluding hydrogens is 290 g/mol. The molecule has 0 aliphatic carbocycles. The lowest BCUT2D eigenvalue weighted by Crippen LogP contribution is -2.47. The molecule has 0 aliphatic heterocycles. The molecule has 2 amide bonds. The van der Waals surface area contributed by atoms with Crippen molar-refractivity contribution in [2.75, 3.05) is 13.1 Å². The van der Waals surface area contributed by atoms with Crippen molar-refractivity contribution < 1.29 is 9.59 Å². The Kier molecular flexibility index (Phi) is 7.19. The smallest absolute Gasteiger partial charge is 0.242 e. The summed E-state index contributed by atoms with van der Waals surface area (Å²) in [6.45, 7) is 6.15. The van der Waals surface area contributed by atoms with Gasteiger partial charge in [0.25, 0.3) is 0 Å². The molecule has 0 bridgehead atoms. The first kappa shape index (κ1) is 17.5. The highest BCUT2D eigenvalue weighted by Gasteiger charge is 2.15. The van der Waals surface area contributed by atoms with Crippen LogP contribution in [-0.2, 0) is 9.59 Å². The van der Waals surface area contributed by atoms with E-state index in [-0.39, 0.29) is 24.4 Å². The van der Waals surface area contributed by atoms with E-state index in [1.54, 1.807) is 6.92 Å². The van der Waals surface area contributed by atoms with Crippen LogP contribution >= 0.6 is 11.6 Å². The van der Waals surface area contributed by atoms with Gasteiger partial charge in [0.2, 0.25) is 11.8 Å². The Morgan fingerprint density at radius 3 is 2.38 bits per heavy atom. The minimum atomic E-state index is -0.537. The number of hydrogen-bond donors (Lipinski definition) is 3. The standard InChI is InChI=1S/C15H22ClN3O2/c1-4-17-15(21)11(3)19-14(20)9-18-10(2)12-5-7-13(16)8-6-12/h5-8,10-11,18H,4,9H2,1-3H3,(H,17,21)(H,19,20)/t10-,11-/m1/s1. The van der Waals surface area contributed by atoms with Gasteiger partial charge in [0, 0.05) is 17.6 Å². The number of rotatable bonds is 7. The summed E-state index contributed by atoms with van der Waals surface area (Å²) in [5.74, 6) is -0.397. The predicted octanol–water partition coefficient (Wildman–Crippen LogP) is 1.63. The van der Waals surface area contributed by atoms with Gasteiger partial charge < -0.3 is 16.0 Å². The summed E-state index contributed by atoms with van der Waals surface area (Å²) in [4.78, 5) is 23.3. The van der Waals surface area contributed by atoms with Gasteiger partial charge in [-0.05, 0) is 38.5 Å². The molecule has 6 heteroatoms. The average molecular weight is 312 g/mol. The number of benzene rings is 1. The number of hydrogen-bond acceptors (Lipinski definition) is 3. The lowest BCUT2D eigenvalue weighted by Gasteiger charge is -2.16. The summed E-state index contributed by atoms with van der Waals surface area (Å²) < 4.78 is 0. The van der Waals surface area contributed by atoms with Crippen molar-refractivity contribution in [1.82, 2.24) is 16.0 Å². The Bertz CT molecular complexity index is 476. The zero-order valence-electron chi connectivity index (χ0n) is 12.6. The third kappa shape index (κ3) is 6.14. The summed E-state index contributed by atoms with van der Waals surface area (Å²) >= 11 is 5.83. The van der Waals surface area contributed by atoms with Gasteiger partial charge in [-0.1, -0.05) is 23.7 Å². The molecule has 0 radical (unpaired) electrons. The van der Waals surface area contributed by atoms with Crippen LogP contribution < -0.4 is 16.0 Å². The molecule has 5 nitrogen and oxygen atoms in total. The molecule has 0 aromatic heterocycles. The first-order valence-electron chi connectivity index (χ1n) is 7.00. The number of halogens is 1. The van der Waals surface area contributed by atoms with E-state index < -0.39 is 6.04 Å². The highest BCUT2D eigenvalue weighted by Crippen LogP contribution is 2.15. The average Bonchev–Trinajstić information content (AvgIpc) is 2.45. The van der Waals surface area contributed by atoms with Crippen molar-refractivity contribution in [2.24, 2.45) is 0 Å². The van der Waals surface area contributed by atoms with Crippen molar-refractivity contribution in [2.45, 2.75) is 32.9 Å². The molecule has 116 valence electrons. The molecule has 2 atom stereocenters. The Balaban J connectivity index is 2.38. The van der Waals surface area contributed by atoms with E-state index >= 15 is 0 Å². The second-order valence-electron chi connectivity index (χ2n) is 4.84. The van der Waals surface area contributed by atoms with E-state index in [9.17, 15) is 9.59 Å². The van der Waals surface area contributed by atoms with Crippen LogP contribution in [0.15, 0.2) is 24.3 Å². The summed E-state index contributed by atoms with van der Waals surface area (Å²) in [6, 6.07) is 6.93. The van der Waals surface area contributed by atoms with Crippen LogP contribution in [0.4, 0.5) is 0 Å². The van der Waals surface area contributed by atoms with Gasteiger partial charge >= 0.3 is 0 Å². The second kappa shape index (κ2) is 8.64. The molecule has 0 fully saturated rings. The molecule has 3 N–H and O–H groups in total. The Morgan fingerprint density at radius 2 is 1.81 bits per heavy atom. The molecule has 0 aliphatic rings. The largest absolute Gasteiger partial charge is 0.355 e. The predicted molar refractivity (Wildman–Crippen MR) is 84.2 cm³/mol. The zero-order valence-corrected chi connectivity index (χ0v) is 13.3. The minimum absolute atomic E-state index is 0.0211. The van der Waals surface area contributed by atoms with Crippen LogP contribution in [0.3, 0.4) is 0 Å². The molecule has 0 saturated heterocycles. The van der Waals surface area contributed by atoms with Crippen LogP contribution in [0.1, 0.15) is 32.4 Å². The summed E-state index contributed by atoms with van der Waals surface area (Å²) in [5.41, 5.74) is 1.05. The van der Waals surface area contributed by atoms with Crippen molar-refractivity contribution in [3.8, 4) is 0 Å². The monoisotopic (exact) mass is 311 g/mol. The fourth-order valence-electron chi connectivity index (χ4n) is 1.80. The topological polar surface area (TPSA) is 70.2 Å². The van der Waals surface area contributed by atoms with Crippen molar-refractivity contribution >= 4 is 23.4 Å². The van der Waals surface area contributed by atoms with E-state index in [0.29, 0.717) is 11.6 Å². The molecule has 1 aromatic rings. The van der Waals surface area contributed by atoms with Crippen molar-refractivity contribution in [1.29, 1.82) is 0 Å². The molecule has 0 heterocycles. The van der Waals surface area contributed by atoms with E-state index in [1.165, 1.54) is 0 Å². The zero-order chi connectivity index (χ0) is 15.8. The maximum Gasteiger partial charge on any atom is 0.242 e. The van der Waals surface area contributed by atoms with E-state index in [1.807, 2.05) is 38.1 Å². The Labute approximate surface area is 130 Å². The fourth-order valence-corrected chi connectivity index (χ4v) is 1.93. The number of likely N-dealkylation sites (N-methyl/N-ethyl adjacent to an activating group) is 1. The first-order valence-corrected chi connectivity index (χ1v) is 7.37. The van der Waals surface area contributed by atoms with Crippen LogP contribution in [0, 0.1) is 0 Å². The number of amides is 2. The van der Waals surface area contributed by atoms with Crippen LogP contribution in [-0.4, -0.2) is 30.9 Å². The molecular formula is C15H22ClN3O2. The quantitative estimate of drug-likeness (QED) is 0.717. The normalized spacial score (nSPS) is 13.3. The molecule has 1 rings (SSSR count). The van der Waals surface area contributed by atoms with E-state index in [0.717, 1.165) is 5.56 Å². The first-order chi connectivity index (χ1) is 9.93. The number of carbonyl (C=O) groups is 2. The Morgan fingerprint density at radius 1 is 1.19 bits per heavy atom. The Hall–Kier alpha value is -1.59. The lowest BCUT2D eigenvalue weighted by atomic mass is 10.1. The van der Waals surface area contributed by atoms with Gasteiger partial charge in [-0.2, -0.15) is 0 Å². The molecule has 0 unspecified atom stereocenters. The highest BCUT2D eigenvalue weighted by molar-refractivity contribution is 6.30. The van der Waals surface area contributed by atoms with Crippen LogP contribution in [0.5, 0.6) is 0 Å². The van der Waals surface area contributed by atoms with E-state index in [2.05, 4.69) is 16.0 Å². The van der Waals surface area contributed by atoms with Crippen molar-refractivity contribution in [3.05, 3.63) is 34.9 Å². The number of carbonyl (C=O) groups excluding carboxylic acids is 2. The van der Waals surface area contributed by atoms with Gasteiger partial charge in [0.15, 0.2) is 0 Å². The second-order valence-corrected chi connectivity index (χ2v) is 5.27. The van der Waals surface area contributed by atoms with Gasteiger partial charge in [-0.3, -0.25) is 9.59 Å².